The molecule has 0 spiro atoms. The zero-order valence-electron chi connectivity index (χ0n) is 14.5. The lowest BCUT2D eigenvalue weighted by Gasteiger charge is -2.37. The summed E-state index contributed by atoms with van der Waals surface area (Å²) in [7, 11) is 0. The highest BCUT2D eigenvalue weighted by Gasteiger charge is 2.36. The van der Waals surface area contributed by atoms with Gasteiger partial charge in [-0.25, -0.2) is 9.37 Å². The molecule has 6 nitrogen and oxygen atoms in total. The molecule has 2 aliphatic rings. The molecule has 2 aliphatic heterocycles. The van der Waals surface area contributed by atoms with Crippen LogP contribution in [0, 0.1) is 5.82 Å². The number of hydrogen-bond acceptors (Lipinski definition) is 5. The van der Waals surface area contributed by atoms with Crippen molar-refractivity contribution in [3.63, 3.8) is 0 Å². The first-order valence-corrected chi connectivity index (χ1v) is 10.4. The number of anilines is 1. The monoisotopic (exact) mass is 452 g/mol. The second-order valence-corrected chi connectivity index (χ2v) is 8.38. The Bertz CT molecular complexity index is 855. The van der Waals surface area contributed by atoms with Gasteiger partial charge < -0.3 is 9.80 Å². The van der Waals surface area contributed by atoms with Gasteiger partial charge in [-0.2, -0.15) is 0 Å². The molecule has 2 saturated heterocycles. The quantitative estimate of drug-likeness (QED) is 0.717. The first-order chi connectivity index (χ1) is 13.0. The van der Waals surface area contributed by atoms with Crippen LogP contribution in [0.15, 0.2) is 34.2 Å². The molecule has 2 fully saturated rings. The van der Waals surface area contributed by atoms with E-state index in [0.29, 0.717) is 41.2 Å². The van der Waals surface area contributed by atoms with Crippen molar-refractivity contribution in [2.24, 2.45) is 0 Å². The Kier molecular flexibility index (Phi) is 5.25. The largest absolute Gasteiger partial charge is 0.334 e. The number of thiazole rings is 1. The summed E-state index contributed by atoms with van der Waals surface area (Å²) in [5.41, 5.74) is 0.702. The number of rotatable bonds is 3. The number of halogens is 2. The number of carbonyl (C=O) groups is 2. The molecule has 1 aromatic carbocycles. The topological polar surface area (TPSA) is 56.8 Å². The first kappa shape index (κ1) is 18.5. The van der Waals surface area contributed by atoms with Gasteiger partial charge in [0.25, 0.3) is 5.91 Å². The van der Waals surface area contributed by atoms with E-state index in [0.717, 1.165) is 13.1 Å². The number of hydrogen-bond donors (Lipinski definition) is 0. The highest BCUT2D eigenvalue weighted by Crippen LogP contribution is 2.28. The van der Waals surface area contributed by atoms with Crippen molar-refractivity contribution in [2.45, 2.75) is 12.5 Å². The third-order valence-electron chi connectivity index (χ3n) is 5.05. The molecule has 0 bridgehead atoms. The van der Waals surface area contributed by atoms with E-state index in [-0.39, 0.29) is 23.7 Å². The SMILES string of the molecule is O=C(c1nccs1)N1CCN(C2CC(=O)N(c3ccc(F)c(Br)c3)C2)CC1. The van der Waals surface area contributed by atoms with E-state index in [2.05, 4.69) is 25.8 Å². The third kappa shape index (κ3) is 3.76. The predicted molar refractivity (Wildman–Crippen MR) is 104 cm³/mol. The van der Waals surface area contributed by atoms with E-state index < -0.39 is 0 Å². The van der Waals surface area contributed by atoms with E-state index in [1.54, 1.807) is 28.6 Å². The average molecular weight is 453 g/mol. The summed E-state index contributed by atoms with van der Waals surface area (Å²) in [6, 6.07) is 4.74. The minimum atomic E-state index is -0.344. The van der Waals surface area contributed by atoms with Crippen molar-refractivity contribution < 1.29 is 14.0 Å². The van der Waals surface area contributed by atoms with Gasteiger partial charge in [0.05, 0.1) is 4.47 Å². The Morgan fingerprint density at radius 2 is 2.04 bits per heavy atom. The van der Waals surface area contributed by atoms with Crippen LogP contribution in [-0.4, -0.2) is 65.4 Å². The maximum absolute atomic E-state index is 13.5. The maximum atomic E-state index is 13.5. The number of amides is 2. The number of aromatic nitrogens is 1. The molecule has 4 rings (SSSR count). The van der Waals surface area contributed by atoms with Crippen molar-refractivity contribution in [3.05, 3.63) is 45.1 Å². The maximum Gasteiger partial charge on any atom is 0.282 e. The van der Waals surface area contributed by atoms with Crippen LogP contribution < -0.4 is 4.90 Å². The Hall–Kier alpha value is -1.84. The van der Waals surface area contributed by atoms with Crippen LogP contribution in [0.4, 0.5) is 10.1 Å². The van der Waals surface area contributed by atoms with Crippen LogP contribution in [0.3, 0.4) is 0 Å². The van der Waals surface area contributed by atoms with Crippen molar-refractivity contribution >= 4 is 44.8 Å². The minimum Gasteiger partial charge on any atom is -0.334 e. The molecule has 1 atom stereocenters. The average Bonchev–Trinajstić information content (AvgIpc) is 3.34. The molecule has 1 aromatic heterocycles. The van der Waals surface area contributed by atoms with Crippen molar-refractivity contribution in [1.82, 2.24) is 14.8 Å². The molecule has 0 saturated carbocycles. The van der Waals surface area contributed by atoms with E-state index in [1.165, 1.54) is 17.4 Å². The van der Waals surface area contributed by atoms with Crippen LogP contribution in [-0.2, 0) is 4.79 Å². The lowest BCUT2D eigenvalue weighted by Crippen LogP contribution is -2.52. The van der Waals surface area contributed by atoms with Gasteiger partial charge in [0, 0.05) is 62.5 Å². The zero-order chi connectivity index (χ0) is 19.0. The summed E-state index contributed by atoms with van der Waals surface area (Å²) in [6.07, 6.45) is 2.08. The molecular formula is C18H18BrFN4O2S. The van der Waals surface area contributed by atoms with E-state index in [9.17, 15) is 14.0 Å². The minimum absolute atomic E-state index is 0.0232. The summed E-state index contributed by atoms with van der Waals surface area (Å²) >= 11 is 4.53. The number of carbonyl (C=O) groups excluding carboxylic acids is 2. The van der Waals surface area contributed by atoms with Crippen LogP contribution in [0.25, 0.3) is 0 Å². The van der Waals surface area contributed by atoms with Gasteiger partial charge in [-0.3, -0.25) is 14.5 Å². The molecule has 2 aromatic rings. The van der Waals surface area contributed by atoms with E-state index >= 15 is 0 Å². The van der Waals surface area contributed by atoms with E-state index in [4.69, 9.17) is 0 Å². The number of piperazine rings is 1. The van der Waals surface area contributed by atoms with Crippen molar-refractivity contribution in [1.29, 1.82) is 0 Å². The molecule has 1 unspecified atom stereocenters. The zero-order valence-corrected chi connectivity index (χ0v) is 16.9. The summed E-state index contributed by atoms with van der Waals surface area (Å²) in [5.74, 6) is -0.326. The smallest absolute Gasteiger partial charge is 0.282 e. The third-order valence-corrected chi connectivity index (χ3v) is 6.42. The molecular weight excluding hydrogens is 435 g/mol. The van der Waals surface area contributed by atoms with Gasteiger partial charge in [0.15, 0.2) is 5.01 Å². The van der Waals surface area contributed by atoms with Crippen LogP contribution >= 0.6 is 27.3 Å². The summed E-state index contributed by atoms with van der Waals surface area (Å²) < 4.78 is 13.8. The molecule has 0 N–H and O–H groups in total. The fourth-order valence-corrected chi connectivity index (χ4v) is 4.56. The highest BCUT2D eigenvalue weighted by atomic mass is 79.9. The van der Waals surface area contributed by atoms with Crippen molar-refractivity contribution in [3.8, 4) is 0 Å². The van der Waals surface area contributed by atoms with Gasteiger partial charge >= 0.3 is 0 Å². The van der Waals surface area contributed by atoms with Gasteiger partial charge in [0.2, 0.25) is 5.91 Å². The summed E-state index contributed by atoms with van der Waals surface area (Å²) in [5, 5.41) is 2.32. The molecule has 0 radical (unpaired) electrons. The fourth-order valence-electron chi connectivity index (χ4n) is 3.59. The Balaban J connectivity index is 1.37. The van der Waals surface area contributed by atoms with Gasteiger partial charge in [-0.1, -0.05) is 0 Å². The predicted octanol–water partition coefficient (Wildman–Crippen LogP) is 2.61. The molecule has 2 amide bonds. The van der Waals surface area contributed by atoms with Gasteiger partial charge in [0.1, 0.15) is 5.82 Å². The second kappa shape index (κ2) is 7.65. The van der Waals surface area contributed by atoms with E-state index in [1.807, 2.05) is 4.90 Å². The molecule has 27 heavy (non-hydrogen) atoms. The number of nitrogens with zero attached hydrogens (tertiary/aromatic N) is 4. The van der Waals surface area contributed by atoms with Crippen molar-refractivity contribution in [2.75, 3.05) is 37.6 Å². The fraction of sp³-hybridized carbons (Fsp3) is 0.389. The van der Waals surface area contributed by atoms with Crippen LogP contribution in [0.1, 0.15) is 16.2 Å². The number of benzene rings is 1. The summed E-state index contributed by atoms with van der Waals surface area (Å²) in [4.78, 5) is 34.7. The highest BCUT2D eigenvalue weighted by molar-refractivity contribution is 9.10. The Labute approximate surface area is 168 Å². The van der Waals surface area contributed by atoms with Crippen LogP contribution in [0.5, 0.6) is 0 Å². The van der Waals surface area contributed by atoms with Gasteiger partial charge in [-0.15, -0.1) is 11.3 Å². The van der Waals surface area contributed by atoms with Crippen LogP contribution in [0.2, 0.25) is 0 Å². The Morgan fingerprint density at radius 3 is 2.70 bits per heavy atom. The lowest BCUT2D eigenvalue weighted by molar-refractivity contribution is -0.117. The van der Waals surface area contributed by atoms with Gasteiger partial charge in [-0.05, 0) is 34.1 Å². The standard InChI is InChI=1S/C18H18BrFN4O2S/c19-14-9-12(1-2-15(14)20)24-11-13(10-16(24)25)22-4-6-23(7-5-22)18(26)17-21-3-8-27-17/h1-3,8-9,13H,4-7,10-11H2. The molecule has 0 aliphatic carbocycles. The Morgan fingerprint density at radius 1 is 1.26 bits per heavy atom. The second-order valence-electron chi connectivity index (χ2n) is 6.63. The molecule has 3 heterocycles. The summed E-state index contributed by atoms with van der Waals surface area (Å²) in [6.45, 7) is 3.31. The molecule has 9 heteroatoms. The normalized spacial score (nSPS) is 21.1. The first-order valence-electron chi connectivity index (χ1n) is 8.71. The molecule has 142 valence electrons. The lowest BCUT2D eigenvalue weighted by atomic mass is 10.2.